The number of carbonyl (C=O) groups is 1. The van der Waals surface area contributed by atoms with E-state index in [2.05, 4.69) is 5.10 Å². The Bertz CT molecular complexity index is 969. The van der Waals surface area contributed by atoms with E-state index in [0.717, 1.165) is 11.1 Å². The summed E-state index contributed by atoms with van der Waals surface area (Å²) in [4.78, 5) is 11.5. The monoisotopic (exact) mass is 375 g/mol. The van der Waals surface area contributed by atoms with E-state index >= 15 is 0 Å². The van der Waals surface area contributed by atoms with Gasteiger partial charge in [-0.15, -0.1) is 0 Å². The van der Waals surface area contributed by atoms with E-state index in [-0.39, 0.29) is 12.0 Å². The molecular formula is C19H16ClF2N3O. The van der Waals surface area contributed by atoms with Crippen LogP contribution in [0, 0.1) is 0 Å². The first-order valence-corrected chi connectivity index (χ1v) is 8.24. The Labute approximate surface area is 154 Å². The lowest BCUT2D eigenvalue weighted by atomic mass is 9.94. The van der Waals surface area contributed by atoms with E-state index < -0.39 is 18.0 Å². The van der Waals surface area contributed by atoms with Crippen molar-refractivity contribution in [1.29, 1.82) is 0 Å². The topological polar surface area (TPSA) is 60.9 Å². The SMILES string of the molecule is Cn1nc(C(F)F)c(CC(N)=O)c1-c1ccccc1-c1cccc(Cl)c1. The van der Waals surface area contributed by atoms with Crippen LogP contribution in [0.3, 0.4) is 0 Å². The zero-order chi connectivity index (χ0) is 18.8. The minimum absolute atomic E-state index is 0.143. The van der Waals surface area contributed by atoms with Crippen molar-refractivity contribution in [3.8, 4) is 22.4 Å². The highest BCUT2D eigenvalue weighted by molar-refractivity contribution is 6.30. The fraction of sp³-hybridized carbons (Fsp3) is 0.158. The van der Waals surface area contributed by atoms with Gasteiger partial charge in [-0.25, -0.2) is 8.78 Å². The summed E-state index contributed by atoms with van der Waals surface area (Å²) in [5.41, 5.74) is 7.74. The largest absolute Gasteiger partial charge is 0.369 e. The van der Waals surface area contributed by atoms with Gasteiger partial charge in [-0.1, -0.05) is 48.0 Å². The van der Waals surface area contributed by atoms with Gasteiger partial charge in [0.15, 0.2) is 0 Å². The second kappa shape index (κ2) is 7.25. The van der Waals surface area contributed by atoms with Gasteiger partial charge in [0, 0.05) is 23.2 Å². The third kappa shape index (κ3) is 3.46. The van der Waals surface area contributed by atoms with Crippen LogP contribution in [-0.4, -0.2) is 15.7 Å². The van der Waals surface area contributed by atoms with Gasteiger partial charge < -0.3 is 5.73 Å². The molecule has 0 radical (unpaired) electrons. The average molecular weight is 376 g/mol. The molecule has 1 amide bonds. The van der Waals surface area contributed by atoms with Gasteiger partial charge in [-0.3, -0.25) is 9.48 Å². The minimum Gasteiger partial charge on any atom is -0.369 e. The van der Waals surface area contributed by atoms with Crippen LogP contribution in [0.5, 0.6) is 0 Å². The van der Waals surface area contributed by atoms with Crippen LogP contribution in [-0.2, 0) is 18.3 Å². The normalized spacial score (nSPS) is 11.1. The molecule has 2 aromatic carbocycles. The maximum Gasteiger partial charge on any atom is 0.282 e. The minimum atomic E-state index is -2.80. The number of benzene rings is 2. The molecule has 0 spiro atoms. The Morgan fingerprint density at radius 1 is 1.19 bits per heavy atom. The van der Waals surface area contributed by atoms with Crippen LogP contribution in [0.2, 0.25) is 5.02 Å². The van der Waals surface area contributed by atoms with E-state index in [1.807, 2.05) is 24.3 Å². The smallest absolute Gasteiger partial charge is 0.282 e. The van der Waals surface area contributed by atoms with Crippen molar-refractivity contribution in [1.82, 2.24) is 9.78 Å². The molecule has 1 heterocycles. The van der Waals surface area contributed by atoms with Crippen molar-refractivity contribution in [2.45, 2.75) is 12.8 Å². The molecule has 4 nitrogen and oxygen atoms in total. The molecular weight excluding hydrogens is 360 g/mol. The Morgan fingerprint density at radius 2 is 1.88 bits per heavy atom. The molecule has 134 valence electrons. The first-order chi connectivity index (χ1) is 12.4. The zero-order valence-electron chi connectivity index (χ0n) is 13.9. The van der Waals surface area contributed by atoms with Crippen molar-refractivity contribution in [2.24, 2.45) is 12.8 Å². The van der Waals surface area contributed by atoms with Crippen molar-refractivity contribution >= 4 is 17.5 Å². The summed E-state index contributed by atoms with van der Waals surface area (Å²) < 4.78 is 28.2. The van der Waals surface area contributed by atoms with E-state index in [1.165, 1.54) is 4.68 Å². The van der Waals surface area contributed by atoms with Crippen LogP contribution in [0.15, 0.2) is 48.5 Å². The number of alkyl halides is 2. The van der Waals surface area contributed by atoms with E-state index in [1.54, 1.807) is 31.3 Å². The number of aryl methyl sites for hydroxylation is 1. The maximum absolute atomic E-state index is 13.4. The highest BCUT2D eigenvalue weighted by atomic mass is 35.5. The third-order valence-corrected chi connectivity index (χ3v) is 4.29. The molecule has 0 atom stereocenters. The number of nitrogens with zero attached hydrogens (tertiary/aromatic N) is 2. The molecule has 2 N–H and O–H groups in total. The first kappa shape index (κ1) is 18.1. The molecule has 1 aromatic heterocycles. The number of carbonyl (C=O) groups excluding carboxylic acids is 1. The molecule has 26 heavy (non-hydrogen) atoms. The van der Waals surface area contributed by atoms with Gasteiger partial charge in [-0.2, -0.15) is 5.10 Å². The van der Waals surface area contributed by atoms with E-state index in [4.69, 9.17) is 17.3 Å². The Hall–Kier alpha value is -2.73. The van der Waals surface area contributed by atoms with Gasteiger partial charge in [0.2, 0.25) is 5.91 Å². The number of rotatable bonds is 5. The van der Waals surface area contributed by atoms with Crippen molar-refractivity contribution in [3.05, 3.63) is 64.8 Å². The molecule has 0 bridgehead atoms. The lowest BCUT2D eigenvalue weighted by Gasteiger charge is -2.12. The standard InChI is InChI=1S/C19H16ClF2N3O/c1-25-18(15(10-16(23)26)17(24-25)19(21)22)14-8-3-2-7-13(14)11-5-4-6-12(20)9-11/h2-9,19H,10H2,1H3,(H2,23,26). The molecule has 3 rings (SSSR count). The molecule has 7 heteroatoms. The number of aromatic nitrogens is 2. The summed E-state index contributed by atoms with van der Waals surface area (Å²) in [5, 5.41) is 4.49. The summed E-state index contributed by atoms with van der Waals surface area (Å²) in [6, 6.07) is 14.5. The van der Waals surface area contributed by atoms with E-state index in [0.29, 0.717) is 16.3 Å². The molecule has 0 aliphatic rings. The fourth-order valence-electron chi connectivity index (χ4n) is 3.05. The first-order valence-electron chi connectivity index (χ1n) is 7.86. The Kier molecular flexibility index (Phi) is 5.04. The predicted octanol–water partition coefficient (Wildman–Crippen LogP) is 4.37. The second-order valence-corrected chi connectivity index (χ2v) is 6.27. The quantitative estimate of drug-likeness (QED) is 0.719. The summed E-state index contributed by atoms with van der Waals surface area (Å²) in [6.07, 6.45) is -3.12. The van der Waals surface area contributed by atoms with Crippen LogP contribution in [0.25, 0.3) is 22.4 Å². The number of hydrogen-bond acceptors (Lipinski definition) is 2. The van der Waals surface area contributed by atoms with Gasteiger partial charge >= 0.3 is 0 Å². The van der Waals surface area contributed by atoms with Gasteiger partial charge in [-0.05, 0) is 23.3 Å². The molecule has 3 aromatic rings. The number of nitrogens with two attached hydrogens (primary N) is 1. The molecule has 0 fully saturated rings. The van der Waals surface area contributed by atoms with Crippen LogP contribution in [0.4, 0.5) is 8.78 Å². The Balaban J connectivity index is 2.27. The molecule has 0 saturated heterocycles. The lowest BCUT2D eigenvalue weighted by molar-refractivity contribution is -0.117. The van der Waals surface area contributed by atoms with E-state index in [9.17, 15) is 13.6 Å². The average Bonchev–Trinajstić information content (AvgIpc) is 2.90. The highest BCUT2D eigenvalue weighted by Crippen LogP contribution is 2.37. The number of hydrogen-bond donors (Lipinski definition) is 1. The van der Waals surface area contributed by atoms with Gasteiger partial charge in [0.05, 0.1) is 12.1 Å². The predicted molar refractivity (Wildman–Crippen MR) is 96.9 cm³/mol. The van der Waals surface area contributed by atoms with Crippen LogP contribution < -0.4 is 5.73 Å². The number of amides is 1. The molecule has 0 unspecified atom stereocenters. The Morgan fingerprint density at radius 3 is 2.50 bits per heavy atom. The summed E-state index contributed by atoms with van der Waals surface area (Å²) in [5.74, 6) is -0.693. The van der Waals surface area contributed by atoms with Crippen LogP contribution >= 0.6 is 11.6 Å². The third-order valence-electron chi connectivity index (χ3n) is 4.05. The lowest BCUT2D eigenvalue weighted by Crippen LogP contribution is -2.15. The molecule has 0 aliphatic carbocycles. The van der Waals surface area contributed by atoms with Crippen molar-refractivity contribution < 1.29 is 13.6 Å². The summed E-state index contributed by atoms with van der Waals surface area (Å²) in [6.45, 7) is 0. The van der Waals surface area contributed by atoms with Gasteiger partial charge in [0.1, 0.15) is 5.69 Å². The van der Waals surface area contributed by atoms with Crippen molar-refractivity contribution in [2.75, 3.05) is 0 Å². The second-order valence-electron chi connectivity index (χ2n) is 5.84. The highest BCUT2D eigenvalue weighted by Gasteiger charge is 2.26. The zero-order valence-corrected chi connectivity index (χ0v) is 14.7. The summed E-state index contributed by atoms with van der Waals surface area (Å²) in [7, 11) is 1.57. The van der Waals surface area contributed by atoms with Gasteiger partial charge in [0.25, 0.3) is 6.43 Å². The molecule has 0 saturated carbocycles. The van der Waals surface area contributed by atoms with Crippen LogP contribution in [0.1, 0.15) is 17.7 Å². The van der Waals surface area contributed by atoms with Crippen molar-refractivity contribution in [3.63, 3.8) is 0 Å². The number of halogens is 3. The summed E-state index contributed by atoms with van der Waals surface area (Å²) >= 11 is 6.09. The number of primary amides is 1. The molecule has 0 aliphatic heterocycles. The maximum atomic E-state index is 13.4. The fourth-order valence-corrected chi connectivity index (χ4v) is 3.24.